The van der Waals surface area contributed by atoms with Gasteiger partial charge in [-0.3, -0.25) is 14.4 Å². The van der Waals surface area contributed by atoms with Gasteiger partial charge in [0.1, 0.15) is 0 Å². The summed E-state index contributed by atoms with van der Waals surface area (Å²) < 4.78 is 10.4. The van der Waals surface area contributed by atoms with Crippen LogP contribution in [0, 0.1) is 11.8 Å². The van der Waals surface area contributed by atoms with Gasteiger partial charge in [0.25, 0.3) is 0 Å². The summed E-state index contributed by atoms with van der Waals surface area (Å²) in [5.74, 6) is -2.04. The molecule has 0 aromatic rings. The predicted octanol–water partition coefficient (Wildman–Crippen LogP) is 4.52. The number of carboxylic acid groups (broad SMARTS) is 1. The van der Waals surface area contributed by atoms with E-state index in [-0.39, 0.29) is 25.4 Å². The Morgan fingerprint density at radius 1 is 1.04 bits per heavy atom. The van der Waals surface area contributed by atoms with Gasteiger partial charge in [-0.2, -0.15) is 0 Å². The molecule has 0 aromatic carbocycles. The van der Waals surface area contributed by atoms with Crippen molar-refractivity contribution >= 4 is 17.9 Å². The second-order valence-corrected chi connectivity index (χ2v) is 6.89. The zero-order chi connectivity index (χ0) is 20.5. The molecule has 1 N–H and O–H groups in total. The molecule has 6 heteroatoms. The van der Waals surface area contributed by atoms with E-state index in [4.69, 9.17) is 14.6 Å². The molecule has 0 aliphatic carbocycles. The van der Waals surface area contributed by atoms with Crippen molar-refractivity contribution in [2.24, 2.45) is 11.8 Å². The average Bonchev–Trinajstić information content (AvgIpc) is 2.64. The molecule has 0 spiro atoms. The molecule has 0 bridgehead atoms. The van der Waals surface area contributed by atoms with E-state index in [1.54, 1.807) is 0 Å². The fourth-order valence-corrected chi connectivity index (χ4v) is 2.65. The highest BCUT2D eigenvalue weighted by Crippen LogP contribution is 2.14. The van der Waals surface area contributed by atoms with Crippen LogP contribution in [0.1, 0.15) is 78.1 Å². The highest BCUT2D eigenvalue weighted by atomic mass is 16.5. The molecule has 0 rings (SSSR count). The molecule has 6 nitrogen and oxygen atoms in total. The number of hydrogen-bond acceptors (Lipinski definition) is 5. The molecule has 2 unspecified atom stereocenters. The van der Waals surface area contributed by atoms with Crippen LogP contribution in [0.3, 0.4) is 0 Å². The standard InChI is InChI=1S/C21H36O6/c1-4-7-12-17(6-3)16-27-19(22)13-9-8-10-14-26-20(23)15-18(11-5-2)21(24)25/h5,17-18H,2,4,6-16H2,1,3H3,(H,24,25). The number of unbranched alkanes of at least 4 members (excludes halogenated alkanes) is 3. The number of carbonyl (C=O) groups is 3. The van der Waals surface area contributed by atoms with Gasteiger partial charge in [0.15, 0.2) is 0 Å². The summed E-state index contributed by atoms with van der Waals surface area (Å²) in [6.45, 7) is 8.50. The van der Waals surface area contributed by atoms with Gasteiger partial charge in [-0.1, -0.05) is 39.2 Å². The Hall–Kier alpha value is -1.85. The minimum absolute atomic E-state index is 0.149. The number of rotatable bonds is 17. The van der Waals surface area contributed by atoms with Crippen molar-refractivity contribution in [3.05, 3.63) is 12.7 Å². The number of carboxylic acids is 1. The van der Waals surface area contributed by atoms with Crippen LogP contribution in [0.25, 0.3) is 0 Å². The Balaban J connectivity index is 3.75. The molecule has 0 fully saturated rings. The van der Waals surface area contributed by atoms with Crippen molar-refractivity contribution in [2.75, 3.05) is 13.2 Å². The highest BCUT2D eigenvalue weighted by Gasteiger charge is 2.20. The SMILES string of the molecule is C=CCC(CC(=O)OCCCCCC(=O)OCC(CC)CCCC)C(=O)O. The first-order valence-corrected chi connectivity index (χ1v) is 10.1. The predicted molar refractivity (Wildman–Crippen MR) is 104 cm³/mol. The summed E-state index contributed by atoms with van der Waals surface area (Å²) >= 11 is 0. The maximum Gasteiger partial charge on any atom is 0.307 e. The third-order valence-electron chi connectivity index (χ3n) is 4.53. The monoisotopic (exact) mass is 384 g/mol. The molecule has 0 saturated heterocycles. The van der Waals surface area contributed by atoms with Gasteiger partial charge in [-0.25, -0.2) is 0 Å². The molecule has 0 aliphatic rings. The quantitative estimate of drug-likeness (QED) is 0.225. The lowest BCUT2D eigenvalue weighted by molar-refractivity contribution is -0.151. The van der Waals surface area contributed by atoms with Crippen LogP contribution < -0.4 is 0 Å². The topological polar surface area (TPSA) is 89.9 Å². The Bertz CT molecular complexity index is 446. The lowest BCUT2D eigenvalue weighted by Crippen LogP contribution is -2.19. The summed E-state index contributed by atoms with van der Waals surface area (Å²) in [5.41, 5.74) is 0. The lowest BCUT2D eigenvalue weighted by atomic mass is 10.0. The number of ether oxygens (including phenoxy) is 2. The molecule has 0 aromatic heterocycles. The summed E-state index contributed by atoms with van der Waals surface area (Å²) in [4.78, 5) is 34.4. The van der Waals surface area contributed by atoms with Gasteiger partial charge in [-0.15, -0.1) is 6.58 Å². The van der Waals surface area contributed by atoms with E-state index < -0.39 is 17.9 Å². The summed E-state index contributed by atoms with van der Waals surface area (Å²) in [7, 11) is 0. The molecule has 27 heavy (non-hydrogen) atoms. The maximum absolute atomic E-state index is 11.8. The van der Waals surface area contributed by atoms with Crippen molar-refractivity contribution in [2.45, 2.75) is 78.1 Å². The smallest absolute Gasteiger partial charge is 0.307 e. The number of aliphatic carboxylic acids is 1. The third-order valence-corrected chi connectivity index (χ3v) is 4.53. The van der Waals surface area contributed by atoms with Gasteiger partial charge in [0.2, 0.25) is 0 Å². The zero-order valence-electron chi connectivity index (χ0n) is 16.9. The van der Waals surface area contributed by atoms with Crippen molar-refractivity contribution in [1.82, 2.24) is 0 Å². The minimum Gasteiger partial charge on any atom is -0.481 e. The first kappa shape index (κ1) is 25.1. The summed E-state index contributed by atoms with van der Waals surface area (Å²) in [6, 6.07) is 0. The Morgan fingerprint density at radius 2 is 1.78 bits per heavy atom. The van der Waals surface area contributed by atoms with E-state index >= 15 is 0 Å². The van der Waals surface area contributed by atoms with E-state index in [0.29, 0.717) is 31.8 Å². The highest BCUT2D eigenvalue weighted by molar-refractivity contribution is 5.78. The Labute approximate surface area is 163 Å². The molecular weight excluding hydrogens is 348 g/mol. The third kappa shape index (κ3) is 13.9. The average molecular weight is 385 g/mol. The van der Waals surface area contributed by atoms with Crippen molar-refractivity contribution in [3.63, 3.8) is 0 Å². The number of allylic oxidation sites excluding steroid dienone is 1. The largest absolute Gasteiger partial charge is 0.481 e. The molecule has 0 saturated carbocycles. The molecule has 0 radical (unpaired) electrons. The zero-order valence-corrected chi connectivity index (χ0v) is 16.9. The fraction of sp³-hybridized carbons (Fsp3) is 0.762. The summed E-state index contributed by atoms with van der Waals surface area (Å²) in [5, 5.41) is 8.98. The van der Waals surface area contributed by atoms with E-state index in [0.717, 1.165) is 32.1 Å². The maximum atomic E-state index is 11.8. The molecule has 0 amide bonds. The van der Waals surface area contributed by atoms with Crippen LogP contribution in [0.5, 0.6) is 0 Å². The van der Waals surface area contributed by atoms with Gasteiger partial charge in [0, 0.05) is 6.42 Å². The van der Waals surface area contributed by atoms with E-state index in [1.165, 1.54) is 6.08 Å². The number of hydrogen-bond donors (Lipinski definition) is 1. The van der Waals surface area contributed by atoms with Gasteiger partial charge >= 0.3 is 17.9 Å². The molecule has 0 aliphatic heterocycles. The van der Waals surface area contributed by atoms with Crippen LogP contribution in [0.2, 0.25) is 0 Å². The molecular formula is C21H36O6. The number of carbonyl (C=O) groups excluding carboxylic acids is 2. The van der Waals surface area contributed by atoms with Crippen molar-refractivity contribution in [1.29, 1.82) is 0 Å². The van der Waals surface area contributed by atoms with E-state index in [1.807, 2.05) is 0 Å². The van der Waals surface area contributed by atoms with E-state index in [9.17, 15) is 14.4 Å². The van der Waals surface area contributed by atoms with Gasteiger partial charge < -0.3 is 14.6 Å². The molecule has 2 atom stereocenters. The Kier molecular flexibility index (Phi) is 15.2. The van der Waals surface area contributed by atoms with Crippen molar-refractivity contribution in [3.8, 4) is 0 Å². The van der Waals surface area contributed by atoms with Crippen LogP contribution in [0.4, 0.5) is 0 Å². The lowest BCUT2D eigenvalue weighted by Gasteiger charge is -2.14. The van der Waals surface area contributed by atoms with Crippen LogP contribution in [0.15, 0.2) is 12.7 Å². The van der Waals surface area contributed by atoms with Crippen LogP contribution in [-0.2, 0) is 23.9 Å². The second kappa shape index (κ2) is 16.3. The van der Waals surface area contributed by atoms with Gasteiger partial charge in [0.05, 0.1) is 25.6 Å². The Morgan fingerprint density at radius 3 is 2.37 bits per heavy atom. The fourth-order valence-electron chi connectivity index (χ4n) is 2.65. The first-order chi connectivity index (χ1) is 12.9. The molecule has 0 heterocycles. The van der Waals surface area contributed by atoms with Gasteiger partial charge in [-0.05, 0) is 38.0 Å². The van der Waals surface area contributed by atoms with Crippen LogP contribution >= 0.6 is 0 Å². The van der Waals surface area contributed by atoms with Crippen LogP contribution in [-0.4, -0.2) is 36.2 Å². The molecule has 156 valence electrons. The minimum atomic E-state index is -1.02. The van der Waals surface area contributed by atoms with E-state index in [2.05, 4.69) is 20.4 Å². The number of esters is 2. The second-order valence-electron chi connectivity index (χ2n) is 6.89. The normalized spacial score (nSPS) is 12.8. The summed E-state index contributed by atoms with van der Waals surface area (Å²) in [6.07, 6.45) is 8.47. The van der Waals surface area contributed by atoms with Crippen molar-refractivity contribution < 1.29 is 29.0 Å². The first-order valence-electron chi connectivity index (χ1n) is 10.1.